The molecule has 1 aliphatic rings. The molecule has 1 unspecified atom stereocenters. The molecular weight excluding hydrogens is 338 g/mol. The van der Waals surface area contributed by atoms with Crippen LogP contribution in [-0.4, -0.2) is 40.5 Å². The average Bonchev–Trinajstić information content (AvgIpc) is 3.17. The number of carbonyl (C=O) groups excluding carboxylic acids is 1. The number of hydrogen-bond acceptors (Lipinski definition) is 3. The molecule has 1 saturated heterocycles. The van der Waals surface area contributed by atoms with Crippen molar-refractivity contribution in [1.82, 2.24) is 15.2 Å². The van der Waals surface area contributed by atoms with Gasteiger partial charge in [-0.05, 0) is 41.3 Å². The predicted octanol–water partition coefficient (Wildman–Crippen LogP) is 3.10. The predicted molar refractivity (Wildman–Crippen MR) is 105 cm³/mol. The van der Waals surface area contributed by atoms with E-state index in [1.54, 1.807) is 12.1 Å². The van der Waals surface area contributed by atoms with E-state index in [2.05, 4.69) is 22.4 Å². The van der Waals surface area contributed by atoms with Crippen molar-refractivity contribution in [2.45, 2.75) is 12.5 Å². The molecular formula is C22H23N3O2. The van der Waals surface area contributed by atoms with Gasteiger partial charge in [-0.1, -0.05) is 42.5 Å². The van der Waals surface area contributed by atoms with Crippen LogP contribution in [0.3, 0.4) is 0 Å². The van der Waals surface area contributed by atoms with Gasteiger partial charge < -0.3 is 20.3 Å². The van der Waals surface area contributed by atoms with E-state index in [0.29, 0.717) is 18.8 Å². The quantitative estimate of drug-likeness (QED) is 0.669. The van der Waals surface area contributed by atoms with E-state index in [-0.39, 0.29) is 17.7 Å². The molecule has 1 aliphatic heterocycles. The highest BCUT2D eigenvalue weighted by Crippen LogP contribution is 2.21. The maximum Gasteiger partial charge on any atom is 0.270 e. The van der Waals surface area contributed by atoms with Gasteiger partial charge >= 0.3 is 0 Å². The standard InChI is InChI=1S/C22H23N3O2/c26-19-8-6-18(7-9-19)21-15-25(11-10-23-21)22(27)20-13-17(14-24-20)12-16-4-2-1-3-5-16/h1-9,13-14,21,23-24,26H,10-12,15H2. The number of phenols is 1. The molecule has 5 nitrogen and oxygen atoms in total. The van der Waals surface area contributed by atoms with E-state index >= 15 is 0 Å². The third-order valence-electron chi connectivity index (χ3n) is 4.98. The molecule has 3 aromatic rings. The van der Waals surface area contributed by atoms with E-state index in [1.165, 1.54) is 5.56 Å². The average molecular weight is 361 g/mol. The molecule has 2 heterocycles. The first-order valence-corrected chi connectivity index (χ1v) is 9.22. The molecule has 0 aliphatic carbocycles. The van der Waals surface area contributed by atoms with E-state index in [0.717, 1.165) is 24.1 Å². The Balaban J connectivity index is 1.44. The Bertz CT molecular complexity index is 903. The molecule has 4 rings (SSSR count). The number of H-pyrrole nitrogens is 1. The van der Waals surface area contributed by atoms with Gasteiger partial charge in [0.05, 0.1) is 0 Å². The van der Waals surface area contributed by atoms with Crippen LogP contribution < -0.4 is 5.32 Å². The van der Waals surface area contributed by atoms with Gasteiger partial charge in [0.2, 0.25) is 0 Å². The molecule has 0 spiro atoms. The van der Waals surface area contributed by atoms with E-state index < -0.39 is 0 Å². The second kappa shape index (κ2) is 7.68. The number of aromatic amines is 1. The van der Waals surface area contributed by atoms with Gasteiger partial charge in [-0.2, -0.15) is 0 Å². The van der Waals surface area contributed by atoms with Crippen LogP contribution in [0.25, 0.3) is 0 Å². The van der Waals surface area contributed by atoms with Gasteiger partial charge in [0.1, 0.15) is 11.4 Å². The fraction of sp³-hybridized carbons (Fsp3) is 0.227. The first-order valence-electron chi connectivity index (χ1n) is 9.22. The Morgan fingerprint density at radius 3 is 2.63 bits per heavy atom. The number of amides is 1. The molecule has 27 heavy (non-hydrogen) atoms. The fourth-order valence-corrected chi connectivity index (χ4v) is 3.53. The maximum atomic E-state index is 12.9. The summed E-state index contributed by atoms with van der Waals surface area (Å²) in [6.45, 7) is 2.03. The monoisotopic (exact) mass is 361 g/mol. The molecule has 1 atom stereocenters. The third kappa shape index (κ3) is 4.04. The zero-order chi connectivity index (χ0) is 18.6. The number of benzene rings is 2. The van der Waals surface area contributed by atoms with Crippen molar-refractivity contribution < 1.29 is 9.90 Å². The Morgan fingerprint density at radius 2 is 1.85 bits per heavy atom. The molecule has 0 radical (unpaired) electrons. The Morgan fingerprint density at radius 1 is 1.07 bits per heavy atom. The first kappa shape index (κ1) is 17.4. The van der Waals surface area contributed by atoms with Gasteiger partial charge in [-0.15, -0.1) is 0 Å². The summed E-state index contributed by atoms with van der Waals surface area (Å²) in [5.74, 6) is 0.277. The number of nitrogens with zero attached hydrogens (tertiary/aromatic N) is 1. The van der Waals surface area contributed by atoms with Crippen LogP contribution in [-0.2, 0) is 6.42 Å². The van der Waals surface area contributed by atoms with Crippen LogP contribution in [0.1, 0.15) is 33.2 Å². The first-order chi connectivity index (χ1) is 13.2. The SMILES string of the molecule is O=C(c1cc(Cc2ccccc2)c[nH]1)N1CCNC(c2ccc(O)cc2)C1. The highest BCUT2D eigenvalue weighted by atomic mass is 16.3. The van der Waals surface area contributed by atoms with Gasteiger partial charge in [0, 0.05) is 31.9 Å². The number of aromatic hydroxyl groups is 1. The molecule has 1 amide bonds. The smallest absolute Gasteiger partial charge is 0.270 e. The topological polar surface area (TPSA) is 68.4 Å². The van der Waals surface area contributed by atoms with Crippen molar-refractivity contribution in [3.63, 3.8) is 0 Å². The largest absolute Gasteiger partial charge is 0.508 e. The number of piperazine rings is 1. The molecule has 1 aromatic heterocycles. The zero-order valence-corrected chi connectivity index (χ0v) is 15.1. The van der Waals surface area contributed by atoms with Crippen LogP contribution in [0.5, 0.6) is 5.75 Å². The molecule has 138 valence electrons. The van der Waals surface area contributed by atoms with Crippen LogP contribution in [0.4, 0.5) is 0 Å². The fourth-order valence-electron chi connectivity index (χ4n) is 3.53. The van der Waals surface area contributed by atoms with Crippen molar-refractivity contribution in [3.05, 3.63) is 89.2 Å². The summed E-state index contributed by atoms with van der Waals surface area (Å²) < 4.78 is 0. The lowest BCUT2D eigenvalue weighted by atomic mass is 10.0. The Kier molecular flexibility index (Phi) is 4.94. The van der Waals surface area contributed by atoms with Gasteiger partial charge in [0.15, 0.2) is 0 Å². The lowest BCUT2D eigenvalue weighted by Crippen LogP contribution is -2.48. The lowest BCUT2D eigenvalue weighted by molar-refractivity contribution is 0.0697. The second-order valence-corrected chi connectivity index (χ2v) is 6.93. The summed E-state index contributed by atoms with van der Waals surface area (Å²) in [6, 6.07) is 19.4. The third-order valence-corrected chi connectivity index (χ3v) is 4.98. The van der Waals surface area contributed by atoms with Crippen molar-refractivity contribution >= 4 is 5.91 Å². The van der Waals surface area contributed by atoms with E-state index in [9.17, 15) is 9.90 Å². The van der Waals surface area contributed by atoms with Gasteiger partial charge in [0.25, 0.3) is 5.91 Å². The van der Waals surface area contributed by atoms with Gasteiger partial charge in [-0.3, -0.25) is 4.79 Å². The molecule has 3 N–H and O–H groups in total. The van der Waals surface area contributed by atoms with Gasteiger partial charge in [-0.25, -0.2) is 0 Å². The minimum atomic E-state index is 0.0274. The molecule has 2 aromatic carbocycles. The summed E-state index contributed by atoms with van der Waals surface area (Å²) in [7, 11) is 0. The number of phenolic OH excluding ortho intramolecular Hbond substituents is 1. The summed E-state index contributed by atoms with van der Waals surface area (Å²) in [5.41, 5.74) is 4.04. The number of hydrogen-bond donors (Lipinski definition) is 3. The van der Waals surface area contributed by atoms with Crippen LogP contribution >= 0.6 is 0 Å². The van der Waals surface area contributed by atoms with Crippen LogP contribution in [0.15, 0.2) is 66.9 Å². The number of rotatable bonds is 4. The highest BCUT2D eigenvalue weighted by Gasteiger charge is 2.25. The normalized spacial score (nSPS) is 17.0. The molecule has 0 bridgehead atoms. The lowest BCUT2D eigenvalue weighted by Gasteiger charge is -2.33. The number of carbonyl (C=O) groups is 1. The van der Waals surface area contributed by atoms with Crippen molar-refractivity contribution in [2.24, 2.45) is 0 Å². The summed E-state index contributed by atoms with van der Waals surface area (Å²) in [6.07, 6.45) is 2.72. The van der Waals surface area contributed by atoms with E-state index in [4.69, 9.17) is 0 Å². The van der Waals surface area contributed by atoms with Crippen molar-refractivity contribution in [1.29, 1.82) is 0 Å². The second-order valence-electron chi connectivity index (χ2n) is 6.93. The highest BCUT2D eigenvalue weighted by molar-refractivity contribution is 5.92. The Labute approximate surface area is 158 Å². The minimum Gasteiger partial charge on any atom is -0.508 e. The number of nitrogens with one attached hydrogen (secondary N) is 2. The molecule has 5 heteroatoms. The summed E-state index contributed by atoms with van der Waals surface area (Å²) in [5, 5.41) is 12.9. The minimum absolute atomic E-state index is 0.0274. The molecule has 0 saturated carbocycles. The molecule has 1 fully saturated rings. The van der Waals surface area contributed by atoms with Crippen molar-refractivity contribution in [2.75, 3.05) is 19.6 Å². The zero-order valence-electron chi connectivity index (χ0n) is 15.1. The maximum absolute atomic E-state index is 12.9. The summed E-state index contributed by atoms with van der Waals surface area (Å²) >= 11 is 0. The number of aromatic nitrogens is 1. The summed E-state index contributed by atoms with van der Waals surface area (Å²) in [4.78, 5) is 17.9. The van der Waals surface area contributed by atoms with E-state index in [1.807, 2.05) is 47.5 Å². The Hall–Kier alpha value is -3.05. The van der Waals surface area contributed by atoms with Crippen molar-refractivity contribution in [3.8, 4) is 5.75 Å². The van der Waals surface area contributed by atoms with Crippen LogP contribution in [0.2, 0.25) is 0 Å². The van der Waals surface area contributed by atoms with Crippen LogP contribution in [0, 0.1) is 0 Å².